The molecule has 0 saturated heterocycles. The first kappa shape index (κ1) is 13.7. The molecule has 5 nitrogen and oxygen atoms in total. The molecule has 1 heterocycles. The standard InChI is InChI=1S/C12H22N4O/c1-4-12(13,5-2)9-15-10-11(17)16(6-3)8-7-14-10/h7-8H,4-6,9,13H2,1-3H3,(H,14,15). The zero-order valence-corrected chi connectivity index (χ0v) is 10.9. The van der Waals surface area contributed by atoms with Gasteiger partial charge in [0, 0.05) is 31.0 Å². The maximum absolute atomic E-state index is 11.9. The van der Waals surface area contributed by atoms with Gasteiger partial charge in [0.1, 0.15) is 0 Å². The number of anilines is 1. The molecule has 0 fully saturated rings. The first-order chi connectivity index (χ1) is 8.06. The van der Waals surface area contributed by atoms with Gasteiger partial charge in [0.15, 0.2) is 5.82 Å². The summed E-state index contributed by atoms with van der Waals surface area (Å²) >= 11 is 0. The molecule has 0 aliphatic carbocycles. The number of aryl methyl sites for hydroxylation is 1. The average Bonchev–Trinajstić information content (AvgIpc) is 2.37. The quantitative estimate of drug-likeness (QED) is 0.781. The van der Waals surface area contributed by atoms with Crippen LogP contribution in [0.1, 0.15) is 33.6 Å². The second-order valence-corrected chi connectivity index (χ2v) is 4.29. The zero-order chi connectivity index (χ0) is 12.9. The van der Waals surface area contributed by atoms with Crippen LogP contribution in [0.2, 0.25) is 0 Å². The summed E-state index contributed by atoms with van der Waals surface area (Å²) in [5.41, 5.74) is 5.80. The molecule has 0 unspecified atom stereocenters. The van der Waals surface area contributed by atoms with Gasteiger partial charge < -0.3 is 15.6 Å². The molecule has 3 N–H and O–H groups in total. The first-order valence-corrected chi connectivity index (χ1v) is 6.14. The van der Waals surface area contributed by atoms with Gasteiger partial charge in [0.2, 0.25) is 0 Å². The Morgan fingerprint density at radius 2 is 2.06 bits per heavy atom. The Kier molecular flexibility index (Phi) is 4.69. The lowest BCUT2D eigenvalue weighted by Crippen LogP contribution is -2.46. The Hall–Kier alpha value is -1.36. The van der Waals surface area contributed by atoms with Crippen LogP contribution in [0.25, 0.3) is 0 Å². The number of hydrogen-bond donors (Lipinski definition) is 2. The highest BCUT2D eigenvalue weighted by molar-refractivity contribution is 5.31. The predicted molar refractivity (Wildman–Crippen MR) is 70.2 cm³/mol. The highest BCUT2D eigenvalue weighted by Crippen LogP contribution is 2.11. The van der Waals surface area contributed by atoms with Crippen LogP contribution in [0.15, 0.2) is 17.2 Å². The molecule has 0 aliphatic heterocycles. The lowest BCUT2D eigenvalue weighted by molar-refractivity contribution is 0.417. The van der Waals surface area contributed by atoms with Gasteiger partial charge in [0.05, 0.1) is 0 Å². The van der Waals surface area contributed by atoms with Crippen molar-refractivity contribution in [2.75, 3.05) is 11.9 Å². The van der Waals surface area contributed by atoms with Crippen molar-refractivity contribution < 1.29 is 0 Å². The van der Waals surface area contributed by atoms with Crippen LogP contribution in [0.5, 0.6) is 0 Å². The van der Waals surface area contributed by atoms with E-state index in [2.05, 4.69) is 10.3 Å². The molecule has 0 saturated carbocycles. The van der Waals surface area contributed by atoms with Crippen molar-refractivity contribution >= 4 is 5.82 Å². The third-order valence-electron chi connectivity index (χ3n) is 3.27. The van der Waals surface area contributed by atoms with E-state index < -0.39 is 0 Å². The molecule has 0 aromatic carbocycles. The number of nitrogens with zero attached hydrogens (tertiary/aromatic N) is 2. The van der Waals surface area contributed by atoms with Crippen LogP contribution in [0, 0.1) is 0 Å². The highest BCUT2D eigenvalue weighted by Gasteiger charge is 2.20. The van der Waals surface area contributed by atoms with E-state index in [9.17, 15) is 4.79 Å². The third kappa shape index (κ3) is 3.30. The summed E-state index contributed by atoms with van der Waals surface area (Å²) in [4.78, 5) is 15.9. The molecular weight excluding hydrogens is 216 g/mol. The normalized spacial score (nSPS) is 11.5. The SMILES string of the molecule is CCn1ccnc(NCC(N)(CC)CC)c1=O. The molecule has 96 valence electrons. The van der Waals surface area contributed by atoms with Gasteiger partial charge in [-0.15, -0.1) is 0 Å². The minimum Gasteiger partial charge on any atom is -0.364 e. The summed E-state index contributed by atoms with van der Waals surface area (Å²) in [5, 5.41) is 3.06. The van der Waals surface area contributed by atoms with Crippen LogP contribution in [0.4, 0.5) is 5.82 Å². The van der Waals surface area contributed by atoms with E-state index in [-0.39, 0.29) is 11.1 Å². The van der Waals surface area contributed by atoms with Gasteiger partial charge in [0.25, 0.3) is 5.56 Å². The fourth-order valence-electron chi connectivity index (χ4n) is 1.58. The Morgan fingerprint density at radius 1 is 1.41 bits per heavy atom. The lowest BCUT2D eigenvalue weighted by atomic mass is 9.94. The number of hydrogen-bond acceptors (Lipinski definition) is 4. The topological polar surface area (TPSA) is 72.9 Å². The Bertz CT molecular complexity index is 409. The van der Waals surface area contributed by atoms with Crippen molar-refractivity contribution in [3.63, 3.8) is 0 Å². The molecule has 5 heteroatoms. The molecule has 0 amide bonds. The Morgan fingerprint density at radius 3 is 2.59 bits per heavy atom. The molecule has 0 spiro atoms. The second-order valence-electron chi connectivity index (χ2n) is 4.29. The van der Waals surface area contributed by atoms with Gasteiger partial charge >= 0.3 is 0 Å². The lowest BCUT2D eigenvalue weighted by Gasteiger charge is -2.26. The number of rotatable bonds is 6. The molecule has 0 radical (unpaired) electrons. The smallest absolute Gasteiger partial charge is 0.293 e. The summed E-state index contributed by atoms with van der Waals surface area (Å²) in [6, 6.07) is 0. The molecular formula is C12H22N4O. The molecule has 0 atom stereocenters. The fourth-order valence-corrected chi connectivity index (χ4v) is 1.58. The van der Waals surface area contributed by atoms with Crippen LogP contribution < -0.4 is 16.6 Å². The van der Waals surface area contributed by atoms with Gasteiger partial charge in [-0.25, -0.2) is 4.98 Å². The maximum atomic E-state index is 11.9. The highest BCUT2D eigenvalue weighted by atomic mass is 16.1. The molecule has 1 aromatic rings. The van der Waals surface area contributed by atoms with Crippen molar-refractivity contribution in [1.82, 2.24) is 9.55 Å². The minimum absolute atomic E-state index is 0.0930. The van der Waals surface area contributed by atoms with E-state index in [0.29, 0.717) is 18.9 Å². The van der Waals surface area contributed by atoms with Crippen molar-refractivity contribution in [1.29, 1.82) is 0 Å². The number of nitrogens with two attached hydrogens (primary N) is 1. The third-order valence-corrected chi connectivity index (χ3v) is 3.27. The number of aromatic nitrogens is 2. The van der Waals surface area contributed by atoms with E-state index in [0.717, 1.165) is 12.8 Å². The monoisotopic (exact) mass is 238 g/mol. The van der Waals surface area contributed by atoms with E-state index in [4.69, 9.17) is 5.73 Å². The van der Waals surface area contributed by atoms with Crippen molar-refractivity contribution in [3.05, 3.63) is 22.7 Å². The Labute approximate surface area is 102 Å². The summed E-state index contributed by atoms with van der Waals surface area (Å²) in [7, 11) is 0. The average molecular weight is 238 g/mol. The van der Waals surface area contributed by atoms with Crippen LogP contribution in [-0.2, 0) is 6.54 Å². The molecule has 17 heavy (non-hydrogen) atoms. The second kappa shape index (κ2) is 5.82. The van der Waals surface area contributed by atoms with Crippen LogP contribution >= 0.6 is 0 Å². The summed E-state index contributed by atoms with van der Waals surface area (Å²) in [5.74, 6) is 0.381. The Balaban J connectivity index is 2.80. The van der Waals surface area contributed by atoms with Crippen molar-refractivity contribution in [2.45, 2.75) is 45.7 Å². The van der Waals surface area contributed by atoms with E-state index in [1.165, 1.54) is 0 Å². The van der Waals surface area contributed by atoms with Crippen LogP contribution in [-0.4, -0.2) is 21.6 Å². The number of nitrogens with one attached hydrogen (secondary N) is 1. The maximum Gasteiger partial charge on any atom is 0.293 e. The first-order valence-electron chi connectivity index (χ1n) is 6.14. The van der Waals surface area contributed by atoms with Gasteiger partial charge in [-0.05, 0) is 19.8 Å². The van der Waals surface area contributed by atoms with Gasteiger partial charge in [-0.2, -0.15) is 0 Å². The van der Waals surface area contributed by atoms with Gasteiger partial charge in [-0.1, -0.05) is 13.8 Å². The van der Waals surface area contributed by atoms with E-state index in [1.54, 1.807) is 17.0 Å². The summed E-state index contributed by atoms with van der Waals surface area (Å²) < 4.78 is 1.62. The largest absolute Gasteiger partial charge is 0.364 e. The summed E-state index contributed by atoms with van der Waals surface area (Å²) in [6.07, 6.45) is 5.04. The van der Waals surface area contributed by atoms with E-state index in [1.807, 2.05) is 20.8 Å². The fraction of sp³-hybridized carbons (Fsp3) is 0.667. The minimum atomic E-state index is -0.277. The predicted octanol–water partition coefficient (Wildman–Crippen LogP) is 1.19. The van der Waals surface area contributed by atoms with Gasteiger partial charge in [-0.3, -0.25) is 4.79 Å². The molecule has 1 aromatic heterocycles. The molecule has 0 bridgehead atoms. The summed E-state index contributed by atoms with van der Waals surface area (Å²) in [6.45, 7) is 7.24. The molecule has 1 rings (SSSR count). The molecule has 0 aliphatic rings. The zero-order valence-electron chi connectivity index (χ0n) is 10.9. The van der Waals surface area contributed by atoms with Crippen molar-refractivity contribution in [3.8, 4) is 0 Å². The van der Waals surface area contributed by atoms with E-state index >= 15 is 0 Å². The van der Waals surface area contributed by atoms with Crippen molar-refractivity contribution in [2.24, 2.45) is 5.73 Å². The van der Waals surface area contributed by atoms with Crippen LogP contribution in [0.3, 0.4) is 0 Å².